The number of pyridine rings is 1. The molecular weight excluding hydrogens is 336 g/mol. The van der Waals surface area contributed by atoms with Crippen molar-refractivity contribution < 1.29 is 9.90 Å². The van der Waals surface area contributed by atoms with E-state index < -0.39 is 5.97 Å². The molecule has 3 aromatic rings. The number of nitrogens with zero attached hydrogens (tertiary/aromatic N) is 2. The van der Waals surface area contributed by atoms with E-state index in [1.165, 1.54) is 0 Å². The van der Waals surface area contributed by atoms with Crippen LogP contribution in [0, 0.1) is 17.2 Å². The number of benzene rings is 2. The van der Waals surface area contributed by atoms with Crippen molar-refractivity contribution in [2.45, 2.75) is 19.8 Å². The third kappa shape index (κ3) is 3.09. The lowest BCUT2D eigenvalue weighted by atomic mass is 9.80. The van der Waals surface area contributed by atoms with Crippen LogP contribution in [0.2, 0.25) is 0 Å². The number of carbonyl (C=O) groups is 1. The fraction of sp³-hybridized carbons (Fsp3) is 0.174. The lowest BCUT2D eigenvalue weighted by Gasteiger charge is -2.26. The predicted molar refractivity (Wildman–Crippen MR) is 105 cm³/mol. The highest BCUT2D eigenvalue weighted by Gasteiger charge is 2.27. The molecule has 0 bridgehead atoms. The maximum atomic E-state index is 12.1. The Kier molecular flexibility index (Phi) is 4.21. The van der Waals surface area contributed by atoms with Crippen molar-refractivity contribution in [3.63, 3.8) is 0 Å². The van der Waals surface area contributed by atoms with Crippen LogP contribution in [0.25, 0.3) is 22.6 Å². The second-order valence-corrected chi connectivity index (χ2v) is 7.05. The monoisotopic (exact) mass is 354 g/mol. The van der Waals surface area contributed by atoms with Gasteiger partial charge in [-0.3, -0.25) is 0 Å². The number of allylic oxidation sites excluding steroid dienone is 1. The molecular formula is C23H18N2O2. The maximum absolute atomic E-state index is 12.1. The lowest BCUT2D eigenvalue weighted by Crippen LogP contribution is -2.17. The molecule has 0 aliphatic heterocycles. The zero-order valence-electron chi connectivity index (χ0n) is 14.9. The summed E-state index contributed by atoms with van der Waals surface area (Å²) in [5.41, 5.74) is 5.32. The van der Waals surface area contributed by atoms with Gasteiger partial charge in [0.05, 0.1) is 28.4 Å². The molecule has 1 aromatic heterocycles. The Hall–Kier alpha value is -3.45. The second-order valence-electron chi connectivity index (χ2n) is 7.05. The molecule has 0 fully saturated rings. The molecule has 0 saturated carbocycles. The van der Waals surface area contributed by atoms with Crippen molar-refractivity contribution in [1.82, 2.24) is 4.98 Å². The first kappa shape index (κ1) is 17.0. The predicted octanol–water partition coefficient (Wildman–Crippen LogP) is 4.93. The summed E-state index contributed by atoms with van der Waals surface area (Å²) in [6.07, 6.45) is 3.61. The first-order chi connectivity index (χ1) is 13.1. The molecule has 0 radical (unpaired) electrons. The van der Waals surface area contributed by atoms with Crippen LogP contribution in [0.1, 0.15) is 46.1 Å². The Balaban J connectivity index is 1.94. The van der Waals surface area contributed by atoms with Crippen molar-refractivity contribution in [2.75, 3.05) is 0 Å². The molecule has 1 heterocycles. The zero-order valence-corrected chi connectivity index (χ0v) is 14.9. The standard InChI is InChI=1S/C23H18N2O2/c1-14-10-17(12-15-6-8-16(13-24)9-7-15)22-19(11-14)21(23(26)27)18-4-2-3-5-20(18)25-22/h2-9,12,14H,10-11H2,1H3,(H,26,27)/b17-12-. The molecule has 4 heteroatoms. The third-order valence-electron chi connectivity index (χ3n) is 5.01. The zero-order chi connectivity index (χ0) is 19.0. The molecule has 1 unspecified atom stereocenters. The van der Waals surface area contributed by atoms with Crippen LogP contribution in [0.3, 0.4) is 0 Å². The molecule has 1 aliphatic carbocycles. The van der Waals surface area contributed by atoms with E-state index in [1.807, 2.05) is 36.4 Å². The lowest BCUT2D eigenvalue weighted by molar-refractivity contribution is 0.0697. The minimum Gasteiger partial charge on any atom is -0.478 e. The smallest absolute Gasteiger partial charge is 0.336 e. The molecule has 1 atom stereocenters. The van der Waals surface area contributed by atoms with Crippen LogP contribution in [0.15, 0.2) is 48.5 Å². The third-order valence-corrected chi connectivity index (χ3v) is 5.01. The van der Waals surface area contributed by atoms with Crippen LogP contribution in [0.4, 0.5) is 0 Å². The van der Waals surface area contributed by atoms with Crippen molar-refractivity contribution >= 4 is 28.5 Å². The van der Waals surface area contributed by atoms with Gasteiger partial charge in [-0.05, 0) is 59.7 Å². The van der Waals surface area contributed by atoms with Crippen molar-refractivity contribution in [2.24, 2.45) is 5.92 Å². The minimum atomic E-state index is -0.906. The number of hydrogen-bond donors (Lipinski definition) is 1. The van der Waals surface area contributed by atoms with Crippen molar-refractivity contribution in [3.8, 4) is 6.07 Å². The fourth-order valence-corrected chi connectivity index (χ4v) is 3.84. The fourth-order valence-electron chi connectivity index (χ4n) is 3.84. The molecule has 132 valence electrons. The SMILES string of the molecule is CC1C/C(=C/c2ccc(C#N)cc2)c2nc3ccccc3c(C(=O)O)c2C1. The molecule has 4 nitrogen and oxygen atoms in total. The highest BCUT2D eigenvalue weighted by Crippen LogP contribution is 2.38. The molecule has 1 N–H and O–H groups in total. The number of hydrogen-bond acceptors (Lipinski definition) is 3. The summed E-state index contributed by atoms with van der Waals surface area (Å²) in [5, 5.41) is 19.5. The van der Waals surface area contributed by atoms with E-state index >= 15 is 0 Å². The van der Waals surface area contributed by atoms with Gasteiger partial charge in [0.25, 0.3) is 0 Å². The molecule has 2 aromatic carbocycles. The first-order valence-electron chi connectivity index (χ1n) is 8.93. The van der Waals surface area contributed by atoms with E-state index in [0.717, 1.165) is 28.8 Å². The largest absolute Gasteiger partial charge is 0.478 e. The number of carboxylic acid groups (broad SMARTS) is 1. The van der Waals surface area contributed by atoms with E-state index in [9.17, 15) is 9.90 Å². The van der Waals surface area contributed by atoms with Gasteiger partial charge in [-0.15, -0.1) is 0 Å². The number of rotatable bonds is 2. The number of carboxylic acids is 1. The van der Waals surface area contributed by atoms with E-state index in [4.69, 9.17) is 10.2 Å². The van der Waals surface area contributed by atoms with Crippen molar-refractivity contribution in [3.05, 3.63) is 76.5 Å². The highest BCUT2D eigenvalue weighted by molar-refractivity contribution is 6.05. The van der Waals surface area contributed by atoms with Gasteiger partial charge in [-0.25, -0.2) is 9.78 Å². The van der Waals surface area contributed by atoms with Crippen LogP contribution in [0.5, 0.6) is 0 Å². The van der Waals surface area contributed by atoms with Gasteiger partial charge < -0.3 is 5.11 Å². The van der Waals surface area contributed by atoms with E-state index in [1.54, 1.807) is 12.1 Å². The molecule has 0 amide bonds. The average molecular weight is 354 g/mol. The summed E-state index contributed by atoms with van der Waals surface area (Å²) in [6, 6.07) is 16.9. The summed E-state index contributed by atoms with van der Waals surface area (Å²) in [5.74, 6) is -0.570. The quantitative estimate of drug-likeness (QED) is 0.708. The Morgan fingerprint density at radius 1 is 1.19 bits per heavy atom. The minimum absolute atomic E-state index is 0.336. The first-order valence-corrected chi connectivity index (χ1v) is 8.93. The van der Waals surface area contributed by atoms with Crippen LogP contribution in [-0.2, 0) is 6.42 Å². The Labute approximate surface area is 157 Å². The highest BCUT2D eigenvalue weighted by atomic mass is 16.4. The molecule has 0 saturated heterocycles. The van der Waals surface area contributed by atoms with Crippen LogP contribution < -0.4 is 0 Å². The van der Waals surface area contributed by atoms with Gasteiger partial charge in [0.15, 0.2) is 0 Å². The Bertz CT molecular complexity index is 1120. The van der Waals surface area contributed by atoms with Gasteiger partial charge in [-0.1, -0.05) is 37.3 Å². The number of fused-ring (bicyclic) bond motifs is 2. The molecule has 27 heavy (non-hydrogen) atoms. The number of nitriles is 1. The summed E-state index contributed by atoms with van der Waals surface area (Å²) < 4.78 is 0. The molecule has 0 spiro atoms. The van der Waals surface area contributed by atoms with Gasteiger partial charge in [0.1, 0.15) is 0 Å². The van der Waals surface area contributed by atoms with Gasteiger partial charge in [0.2, 0.25) is 0 Å². The number of para-hydroxylation sites is 1. The summed E-state index contributed by atoms with van der Waals surface area (Å²) in [7, 11) is 0. The number of aromatic carboxylic acids is 1. The van der Waals surface area contributed by atoms with Gasteiger partial charge in [-0.2, -0.15) is 5.26 Å². The molecule has 4 rings (SSSR count). The number of aromatic nitrogens is 1. The van der Waals surface area contributed by atoms with Crippen molar-refractivity contribution in [1.29, 1.82) is 5.26 Å². The maximum Gasteiger partial charge on any atom is 0.336 e. The molecule has 1 aliphatic rings. The Morgan fingerprint density at radius 3 is 2.63 bits per heavy atom. The van der Waals surface area contributed by atoms with Crippen LogP contribution >= 0.6 is 0 Å². The van der Waals surface area contributed by atoms with E-state index in [0.29, 0.717) is 34.4 Å². The second kappa shape index (κ2) is 6.69. The summed E-state index contributed by atoms with van der Waals surface area (Å²) in [6.45, 7) is 2.14. The van der Waals surface area contributed by atoms with E-state index in [-0.39, 0.29) is 0 Å². The van der Waals surface area contributed by atoms with Gasteiger partial charge >= 0.3 is 5.97 Å². The topological polar surface area (TPSA) is 74.0 Å². The van der Waals surface area contributed by atoms with Gasteiger partial charge in [0, 0.05) is 5.39 Å². The average Bonchev–Trinajstić information content (AvgIpc) is 2.66. The Morgan fingerprint density at radius 2 is 1.93 bits per heavy atom. The summed E-state index contributed by atoms with van der Waals surface area (Å²) in [4.78, 5) is 16.9. The van der Waals surface area contributed by atoms with E-state index in [2.05, 4.69) is 19.1 Å². The summed E-state index contributed by atoms with van der Waals surface area (Å²) >= 11 is 0. The van der Waals surface area contributed by atoms with Crippen LogP contribution in [-0.4, -0.2) is 16.1 Å². The normalized spacial score (nSPS) is 17.5.